The number of nitrogens with zero attached hydrogens (tertiary/aromatic N) is 1. The second kappa shape index (κ2) is 4.64. The zero-order valence-electron chi connectivity index (χ0n) is 8.42. The Morgan fingerprint density at radius 2 is 2.38 bits per heavy atom. The first kappa shape index (κ1) is 10.6. The molecule has 13 heavy (non-hydrogen) atoms. The number of rotatable bonds is 4. The Hall–Kier alpha value is -0.520. The smallest absolute Gasteiger partial charge is 0.0786 e. The van der Waals surface area contributed by atoms with Gasteiger partial charge in [0.05, 0.1) is 5.60 Å². The molecule has 0 aromatic heterocycles. The molecule has 0 aromatic carbocycles. The summed E-state index contributed by atoms with van der Waals surface area (Å²) in [5, 5.41) is 10.1. The maximum atomic E-state index is 10.1. The number of β-amino-alcohol motifs (C(OH)–C–C–N with tert-alkyl or cyclic N) is 1. The summed E-state index contributed by atoms with van der Waals surface area (Å²) < 4.78 is 0. The van der Waals surface area contributed by atoms with Gasteiger partial charge in [-0.25, -0.2) is 0 Å². The molecule has 0 aromatic rings. The van der Waals surface area contributed by atoms with E-state index in [1.807, 2.05) is 0 Å². The molecule has 1 saturated heterocycles. The van der Waals surface area contributed by atoms with Crippen LogP contribution in [-0.2, 0) is 0 Å². The van der Waals surface area contributed by atoms with E-state index in [1.54, 1.807) is 0 Å². The number of hydrogen-bond acceptors (Lipinski definition) is 2. The molecule has 2 heteroatoms. The maximum Gasteiger partial charge on any atom is 0.0786 e. The van der Waals surface area contributed by atoms with Gasteiger partial charge in [-0.05, 0) is 12.8 Å². The van der Waals surface area contributed by atoms with Crippen LogP contribution in [0.3, 0.4) is 0 Å². The topological polar surface area (TPSA) is 23.5 Å². The van der Waals surface area contributed by atoms with Crippen molar-refractivity contribution in [2.45, 2.75) is 38.2 Å². The van der Waals surface area contributed by atoms with Crippen molar-refractivity contribution in [2.75, 3.05) is 19.6 Å². The minimum atomic E-state index is -0.427. The molecule has 1 fully saturated rings. The molecular weight excluding hydrogens is 162 g/mol. The Balaban J connectivity index is 2.31. The van der Waals surface area contributed by atoms with Crippen LogP contribution < -0.4 is 0 Å². The summed E-state index contributed by atoms with van der Waals surface area (Å²) in [5.74, 6) is 2.63. The van der Waals surface area contributed by atoms with Crippen LogP contribution in [0.15, 0.2) is 0 Å². The molecule has 0 amide bonds. The van der Waals surface area contributed by atoms with Crippen molar-refractivity contribution in [3.05, 3.63) is 0 Å². The molecule has 0 spiro atoms. The van der Waals surface area contributed by atoms with E-state index >= 15 is 0 Å². The molecule has 1 aliphatic heterocycles. The number of likely N-dealkylation sites (tertiary alicyclic amines) is 1. The summed E-state index contributed by atoms with van der Waals surface area (Å²) in [6.45, 7) is 4.85. The largest absolute Gasteiger partial charge is 0.389 e. The van der Waals surface area contributed by atoms with Crippen LogP contribution in [0.25, 0.3) is 0 Å². The molecule has 1 atom stereocenters. The highest BCUT2D eigenvalue weighted by molar-refractivity contribution is 4.92. The Bertz CT molecular complexity index is 197. The van der Waals surface area contributed by atoms with Crippen molar-refractivity contribution >= 4 is 0 Å². The monoisotopic (exact) mass is 181 g/mol. The molecule has 0 bridgehead atoms. The quantitative estimate of drug-likeness (QED) is 0.660. The first-order valence-electron chi connectivity index (χ1n) is 5.08. The van der Waals surface area contributed by atoms with Gasteiger partial charge in [0, 0.05) is 26.1 Å². The molecular formula is C11H19NO. The summed E-state index contributed by atoms with van der Waals surface area (Å²) >= 11 is 0. The highest BCUT2D eigenvalue weighted by Gasteiger charge is 2.34. The maximum absolute atomic E-state index is 10.1. The van der Waals surface area contributed by atoms with Crippen molar-refractivity contribution in [3.63, 3.8) is 0 Å². The fourth-order valence-corrected chi connectivity index (χ4v) is 2.02. The van der Waals surface area contributed by atoms with E-state index in [-0.39, 0.29) is 0 Å². The van der Waals surface area contributed by atoms with E-state index in [4.69, 9.17) is 6.42 Å². The minimum Gasteiger partial charge on any atom is -0.389 e. The van der Waals surface area contributed by atoms with Crippen LogP contribution in [0.4, 0.5) is 0 Å². The zero-order valence-corrected chi connectivity index (χ0v) is 8.42. The molecule has 1 heterocycles. The van der Waals surface area contributed by atoms with Gasteiger partial charge in [-0.1, -0.05) is 13.3 Å². The predicted molar refractivity (Wildman–Crippen MR) is 54.4 cm³/mol. The summed E-state index contributed by atoms with van der Waals surface area (Å²) in [5.41, 5.74) is -0.427. The van der Waals surface area contributed by atoms with Crippen molar-refractivity contribution < 1.29 is 5.11 Å². The number of aliphatic hydroxyl groups is 1. The van der Waals surface area contributed by atoms with E-state index < -0.39 is 5.60 Å². The third-order valence-corrected chi connectivity index (χ3v) is 2.70. The molecule has 0 aliphatic carbocycles. The molecule has 1 aliphatic rings. The minimum absolute atomic E-state index is 0.427. The van der Waals surface area contributed by atoms with E-state index in [2.05, 4.69) is 17.7 Å². The van der Waals surface area contributed by atoms with Crippen LogP contribution in [0, 0.1) is 12.3 Å². The van der Waals surface area contributed by atoms with Crippen molar-refractivity contribution in [3.8, 4) is 12.3 Å². The second-order valence-electron chi connectivity index (χ2n) is 3.95. The lowest BCUT2D eigenvalue weighted by Crippen LogP contribution is -2.33. The van der Waals surface area contributed by atoms with Gasteiger partial charge in [0.25, 0.3) is 0 Å². The van der Waals surface area contributed by atoms with Crippen LogP contribution in [0.1, 0.15) is 32.6 Å². The lowest BCUT2D eigenvalue weighted by Gasteiger charge is -2.22. The lowest BCUT2D eigenvalue weighted by molar-refractivity contribution is 0.0402. The van der Waals surface area contributed by atoms with E-state index in [9.17, 15) is 5.11 Å². The van der Waals surface area contributed by atoms with Gasteiger partial charge >= 0.3 is 0 Å². The van der Waals surface area contributed by atoms with Gasteiger partial charge in [-0.2, -0.15) is 0 Å². The normalized spacial score (nSPS) is 29.0. The molecule has 1 rings (SSSR count). The third-order valence-electron chi connectivity index (χ3n) is 2.70. The number of terminal acetylenes is 1. The molecule has 0 saturated carbocycles. The van der Waals surface area contributed by atoms with Gasteiger partial charge in [-0.3, -0.25) is 4.90 Å². The zero-order chi connectivity index (χ0) is 9.73. The standard InChI is InChI=1S/C11H19NO/c1-3-5-8-12-9-7-11(13,10-12)6-4-2/h1,13H,4-10H2,2H3. The molecule has 74 valence electrons. The molecule has 0 radical (unpaired) electrons. The average Bonchev–Trinajstić information content (AvgIpc) is 2.45. The molecule has 1 N–H and O–H groups in total. The first-order valence-corrected chi connectivity index (χ1v) is 5.08. The van der Waals surface area contributed by atoms with Crippen molar-refractivity contribution in [1.29, 1.82) is 0 Å². The van der Waals surface area contributed by atoms with Crippen LogP contribution in [0.2, 0.25) is 0 Å². The van der Waals surface area contributed by atoms with Crippen LogP contribution in [-0.4, -0.2) is 35.2 Å². The van der Waals surface area contributed by atoms with Crippen molar-refractivity contribution in [1.82, 2.24) is 4.90 Å². The van der Waals surface area contributed by atoms with Gasteiger partial charge < -0.3 is 5.11 Å². The Labute approximate surface area is 80.9 Å². The summed E-state index contributed by atoms with van der Waals surface area (Å²) in [6, 6.07) is 0. The summed E-state index contributed by atoms with van der Waals surface area (Å²) in [4.78, 5) is 2.26. The first-order chi connectivity index (χ1) is 6.20. The second-order valence-corrected chi connectivity index (χ2v) is 3.95. The van der Waals surface area contributed by atoms with E-state index in [0.717, 1.165) is 45.3 Å². The fourth-order valence-electron chi connectivity index (χ4n) is 2.02. The Morgan fingerprint density at radius 3 is 3.00 bits per heavy atom. The summed E-state index contributed by atoms with van der Waals surface area (Å²) in [7, 11) is 0. The van der Waals surface area contributed by atoms with Crippen LogP contribution in [0.5, 0.6) is 0 Å². The molecule has 1 unspecified atom stereocenters. The van der Waals surface area contributed by atoms with Gasteiger partial charge in [0.2, 0.25) is 0 Å². The van der Waals surface area contributed by atoms with E-state index in [0.29, 0.717) is 0 Å². The SMILES string of the molecule is C#CCCN1CCC(O)(CCC)C1. The Kier molecular flexibility index (Phi) is 3.77. The van der Waals surface area contributed by atoms with Gasteiger partial charge in [-0.15, -0.1) is 12.3 Å². The van der Waals surface area contributed by atoms with E-state index in [1.165, 1.54) is 0 Å². The van der Waals surface area contributed by atoms with Gasteiger partial charge in [0.15, 0.2) is 0 Å². The fraction of sp³-hybridized carbons (Fsp3) is 0.818. The van der Waals surface area contributed by atoms with Crippen LogP contribution >= 0.6 is 0 Å². The highest BCUT2D eigenvalue weighted by atomic mass is 16.3. The van der Waals surface area contributed by atoms with Crippen molar-refractivity contribution in [2.24, 2.45) is 0 Å². The molecule has 2 nitrogen and oxygen atoms in total. The Morgan fingerprint density at radius 1 is 1.62 bits per heavy atom. The van der Waals surface area contributed by atoms with Gasteiger partial charge in [0.1, 0.15) is 0 Å². The average molecular weight is 181 g/mol. The highest BCUT2D eigenvalue weighted by Crippen LogP contribution is 2.25. The number of hydrogen-bond donors (Lipinski definition) is 1. The third kappa shape index (κ3) is 3.02. The summed E-state index contributed by atoms with van der Waals surface area (Å²) in [6.07, 6.45) is 8.87. The predicted octanol–water partition coefficient (Wildman–Crippen LogP) is 1.25. The lowest BCUT2D eigenvalue weighted by atomic mass is 9.98.